The number of alkyl halides is 3. The third-order valence-corrected chi connectivity index (χ3v) is 3.21. The zero-order valence-electron chi connectivity index (χ0n) is 12.8. The van der Waals surface area contributed by atoms with Gasteiger partial charge in [0.05, 0.1) is 5.56 Å². The Morgan fingerprint density at radius 2 is 1.57 bits per heavy atom. The minimum atomic E-state index is -4.35. The Morgan fingerprint density at radius 3 is 2.09 bits per heavy atom. The van der Waals surface area contributed by atoms with Crippen LogP contribution in [-0.4, -0.2) is 6.03 Å². The van der Waals surface area contributed by atoms with Crippen molar-refractivity contribution in [1.29, 1.82) is 0 Å². The van der Waals surface area contributed by atoms with E-state index in [0.717, 1.165) is 23.3 Å². The van der Waals surface area contributed by atoms with Gasteiger partial charge >= 0.3 is 12.2 Å². The Morgan fingerprint density at radius 1 is 1.00 bits per heavy atom. The number of urea groups is 1. The summed E-state index contributed by atoms with van der Waals surface area (Å²) in [6.45, 7) is 4.01. The summed E-state index contributed by atoms with van der Waals surface area (Å²) in [6.07, 6.45) is -4.35. The molecule has 0 radical (unpaired) electrons. The van der Waals surface area contributed by atoms with Gasteiger partial charge in [0.15, 0.2) is 0 Å². The van der Waals surface area contributed by atoms with Gasteiger partial charge in [-0.2, -0.15) is 13.2 Å². The Kier molecular flexibility index (Phi) is 4.93. The summed E-state index contributed by atoms with van der Waals surface area (Å²) in [6, 6.07) is 9.95. The van der Waals surface area contributed by atoms with E-state index in [-0.39, 0.29) is 6.54 Å². The van der Waals surface area contributed by atoms with Crippen LogP contribution in [0.15, 0.2) is 42.5 Å². The number of amides is 2. The van der Waals surface area contributed by atoms with E-state index >= 15 is 0 Å². The van der Waals surface area contributed by atoms with Gasteiger partial charge in [0.2, 0.25) is 0 Å². The number of hydrogen-bond donors (Lipinski definition) is 2. The van der Waals surface area contributed by atoms with Gasteiger partial charge in [-0.05, 0) is 54.8 Å². The first-order valence-corrected chi connectivity index (χ1v) is 7.03. The van der Waals surface area contributed by atoms with E-state index in [1.54, 1.807) is 0 Å². The number of anilines is 1. The van der Waals surface area contributed by atoms with Crippen molar-refractivity contribution < 1.29 is 18.0 Å². The van der Waals surface area contributed by atoms with Crippen LogP contribution in [0.5, 0.6) is 0 Å². The number of nitrogens with one attached hydrogen (secondary N) is 2. The fraction of sp³-hybridized carbons (Fsp3) is 0.235. The molecule has 23 heavy (non-hydrogen) atoms. The first-order valence-electron chi connectivity index (χ1n) is 7.03. The fourth-order valence-corrected chi connectivity index (χ4v) is 2.22. The standard InChI is InChI=1S/C17H17F3N2O/c1-11-7-12(2)9-15(8-11)22-16(23)21-10-13-3-5-14(6-4-13)17(18,19)20/h3-9H,10H2,1-2H3,(H2,21,22,23). The maximum atomic E-state index is 12.5. The number of benzene rings is 2. The van der Waals surface area contributed by atoms with Crippen molar-refractivity contribution in [3.05, 3.63) is 64.7 Å². The highest BCUT2D eigenvalue weighted by molar-refractivity contribution is 5.89. The third kappa shape index (κ3) is 5.02. The quantitative estimate of drug-likeness (QED) is 0.849. The van der Waals surface area contributed by atoms with Gasteiger partial charge in [-0.3, -0.25) is 0 Å². The fourth-order valence-electron chi connectivity index (χ4n) is 2.22. The van der Waals surface area contributed by atoms with Crippen molar-refractivity contribution in [3.63, 3.8) is 0 Å². The molecule has 0 fully saturated rings. The Bertz CT molecular complexity index is 674. The lowest BCUT2D eigenvalue weighted by atomic mass is 10.1. The molecule has 0 atom stereocenters. The van der Waals surface area contributed by atoms with Gasteiger partial charge in [0.25, 0.3) is 0 Å². The summed E-state index contributed by atoms with van der Waals surface area (Å²) in [4.78, 5) is 11.8. The Balaban J connectivity index is 1.91. The molecule has 0 saturated carbocycles. The summed E-state index contributed by atoms with van der Waals surface area (Å²) in [5.41, 5.74) is 2.62. The monoisotopic (exact) mass is 322 g/mol. The topological polar surface area (TPSA) is 41.1 Å². The van der Waals surface area contributed by atoms with E-state index in [1.165, 1.54) is 12.1 Å². The summed E-state index contributed by atoms with van der Waals surface area (Å²) >= 11 is 0. The van der Waals surface area contributed by atoms with Crippen molar-refractivity contribution in [2.24, 2.45) is 0 Å². The minimum absolute atomic E-state index is 0.148. The lowest BCUT2D eigenvalue weighted by molar-refractivity contribution is -0.137. The first kappa shape index (κ1) is 16.9. The van der Waals surface area contributed by atoms with E-state index in [2.05, 4.69) is 10.6 Å². The normalized spacial score (nSPS) is 11.2. The van der Waals surface area contributed by atoms with Crippen molar-refractivity contribution in [2.45, 2.75) is 26.6 Å². The summed E-state index contributed by atoms with van der Waals surface area (Å²) in [5, 5.41) is 5.31. The zero-order chi connectivity index (χ0) is 17.0. The molecular formula is C17H17F3N2O. The number of hydrogen-bond acceptors (Lipinski definition) is 1. The van der Waals surface area contributed by atoms with Crippen LogP contribution in [0.3, 0.4) is 0 Å². The van der Waals surface area contributed by atoms with Crippen LogP contribution < -0.4 is 10.6 Å². The first-order chi connectivity index (χ1) is 10.7. The summed E-state index contributed by atoms with van der Waals surface area (Å²) < 4.78 is 37.4. The molecule has 2 rings (SSSR count). The van der Waals surface area contributed by atoms with Crippen LogP contribution in [0.1, 0.15) is 22.3 Å². The van der Waals surface area contributed by atoms with Gasteiger partial charge in [-0.25, -0.2) is 4.79 Å². The molecule has 3 nitrogen and oxygen atoms in total. The maximum Gasteiger partial charge on any atom is 0.416 e. The molecule has 2 N–H and O–H groups in total. The predicted octanol–water partition coefficient (Wildman–Crippen LogP) is 4.64. The molecular weight excluding hydrogens is 305 g/mol. The van der Waals surface area contributed by atoms with Crippen LogP contribution in [0, 0.1) is 13.8 Å². The number of aryl methyl sites for hydroxylation is 2. The van der Waals surface area contributed by atoms with E-state index < -0.39 is 17.8 Å². The van der Waals surface area contributed by atoms with Crippen molar-refractivity contribution >= 4 is 11.7 Å². The highest BCUT2D eigenvalue weighted by Gasteiger charge is 2.29. The molecule has 2 aromatic carbocycles. The van der Waals surface area contributed by atoms with Gasteiger partial charge in [-0.15, -0.1) is 0 Å². The lowest BCUT2D eigenvalue weighted by Crippen LogP contribution is -2.28. The van der Waals surface area contributed by atoms with E-state index in [1.807, 2.05) is 32.0 Å². The molecule has 0 aromatic heterocycles. The van der Waals surface area contributed by atoms with Gasteiger partial charge in [-0.1, -0.05) is 18.2 Å². The second kappa shape index (κ2) is 6.73. The van der Waals surface area contributed by atoms with Gasteiger partial charge < -0.3 is 10.6 Å². The predicted molar refractivity (Wildman–Crippen MR) is 83.2 cm³/mol. The average molecular weight is 322 g/mol. The largest absolute Gasteiger partial charge is 0.416 e. The molecule has 0 spiro atoms. The van der Waals surface area contributed by atoms with Crippen LogP contribution in [-0.2, 0) is 12.7 Å². The number of carbonyl (C=O) groups is 1. The molecule has 0 bridgehead atoms. The maximum absolute atomic E-state index is 12.5. The molecule has 6 heteroatoms. The molecule has 0 aliphatic carbocycles. The molecule has 0 heterocycles. The van der Waals surface area contributed by atoms with Crippen LogP contribution >= 0.6 is 0 Å². The van der Waals surface area contributed by atoms with Crippen molar-refractivity contribution in [3.8, 4) is 0 Å². The minimum Gasteiger partial charge on any atom is -0.334 e. The van der Waals surface area contributed by atoms with E-state index in [0.29, 0.717) is 11.3 Å². The highest BCUT2D eigenvalue weighted by Crippen LogP contribution is 2.29. The third-order valence-electron chi connectivity index (χ3n) is 3.21. The summed E-state index contributed by atoms with van der Waals surface area (Å²) in [7, 11) is 0. The lowest BCUT2D eigenvalue weighted by Gasteiger charge is -2.10. The zero-order valence-corrected chi connectivity index (χ0v) is 12.8. The molecule has 0 unspecified atom stereocenters. The van der Waals surface area contributed by atoms with E-state index in [9.17, 15) is 18.0 Å². The molecule has 2 aromatic rings. The highest BCUT2D eigenvalue weighted by atomic mass is 19.4. The SMILES string of the molecule is Cc1cc(C)cc(NC(=O)NCc2ccc(C(F)(F)F)cc2)c1. The molecule has 122 valence electrons. The Labute approximate surface area is 132 Å². The van der Waals surface area contributed by atoms with Crippen molar-refractivity contribution in [2.75, 3.05) is 5.32 Å². The molecule has 0 saturated heterocycles. The van der Waals surface area contributed by atoms with E-state index in [4.69, 9.17) is 0 Å². The van der Waals surface area contributed by atoms with Gasteiger partial charge in [0, 0.05) is 12.2 Å². The average Bonchev–Trinajstić information content (AvgIpc) is 2.43. The van der Waals surface area contributed by atoms with Gasteiger partial charge in [0.1, 0.15) is 0 Å². The molecule has 0 aliphatic rings. The second-order valence-electron chi connectivity index (χ2n) is 5.38. The van der Waals surface area contributed by atoms with Crippen LogP contribution in [0.4, 0.5) is 23.7 Å². The van der Waals surface area contributed by atoms with Crippen molar-refractivity contribution in [1.82, 2.24) is 5.32 Å². The summed E-state index contributed by atoms with van der Waals surface area (Å²) in [5.74, 6) is 0. The number of halogens is 3. The molecule has 2 amide bonds. The number of rotatable bonds is 3. The Hall–Kier alpha value is -2.50. The van der Waals surface area contributed by atoms with Crippen LogP contribution in [0.25, 0.3) is 0 Å². The van der Waals surface area contributed by atoms with Crippen LogP contribution in [0.2, 0.25) is 0 Å². The molecule has 0 aliphatic heterocycles. The smallest absolute Gasteiger partial charge is 0.334 e. The number of carbonyl (C=O) groups excluding carboxylic acids is 1. The second-order valence-corrected chi connectivity index (χ2v) is 5.38.